The molecule has 7 nitrogen and oxygen atoms in total. The molecule has 29 heavy (non-hydrogen) atoms. The minimum Gasteiger partial charge on any atom is -0.497 e. The van der Waals surface area contributed by atoms with Gasteiger partial charge in [0, 0.05) is 17.3 Å². The molecule has 0 aliphatic heterocycles. The number of methoxy groups -OCH3 is 2. The van der Waals surface area contributed by atoms with Gasteiger partial charge >= 0.3 is 5.97 Å². The number of benzene rings is 1. The normalized spacial score (nSPS) is 14.6. The van der Waals surface area contributed by atoms with Crippen LogP contribution < -0.4 is 15.0 Å². The topological polar surface area (TPSA) is 90.1 Å². The van der Waals surface area contributed by atoms with Gasteiger partial charge in [0.2, 0.25) is 0 Å². The lowest BCUT2D eigenvalue weighted by Crippen LogP contribution is -2.25. The number of aromatic carboxylic acids is 1. The molecular formula is C22H20N2O5. The maximum atomic E-state index is 13.0. The highest BCUT2D eigenvalue weighted by molar-refractivity contribution is 5.88. The third-order valence-electron chi connectivity index (χ3n) is 5.11. The summed E-state index contributed by atoms with van der Waals surface area (Å²) in [5.41, 5.74) is 3.30. The van der Waals surface area contributed by atoms with E-state index in [1.54, 1.807) is 20.3 Å². The van der Waals surface area contributed by atoms with Crippen LogP contribution in [0.2, 0.25) is 0 Å². The van der Waals surface area contributed by atoms with Crippen LogP contribution in [-0.4, -0.2) is 34.7 Å². The van der Waals surface area contributed by atoms with Gasteiger partial charge in [-0.2, -0.15) is 0 Å². The van der Waals surface area contributed by atoms with Crippen molar-refractivity contribution in [2.24, 2.45) is 0 Å². The summed E-state index contributed by atoms with van der Waals surface area (Å²) in [6.45, 7) is 0. The Morgan fingerprint density at radius 3 is 2.72 bits per heavy atom. The lowest BCUT2D eigenvalue weighted by Gasteiger charge is -2.19. The van der Waals surface area contributed by atoms with E-state index in [1.165, 1.54) is 16.7 Å². The predicted octanol–water partition coefficient (Wildman–Crippen LogP) is 3.29. The fraction of sp³-hybridized carbons (Fsp3) is 0.227. The summed E-state index contributed by atoms with van der Waals surface area (Å²) in [5, 5.41) is 9.20. The Kier molecular flexibility index (Phi) is 4.80. The van der Waals surface area contributed by atoms with E-state index in [0.717, 1.165) is 24.0 Å². The van der Waals surface area contributed by atoms with Gasteiger partial charge in [0.1, 0.15) is 17.1 Å². The van der Waals surface area contributed by atoms with E-state index in [4.69, 9.17) is 9.47 Å². The van der Waals surface area contributed by atoms with E-state index >= 15 is 0 Å². The molecule has 0 bridgehead atoms. The first-order valence-corrected chi connectivity index (χ1v) is 9.23. The van der Waals surface area contributed by atoms with E-state index in [1.807, 2.05) is 24.3 Å². The van der Waals surface area contributed by atoms with Crippen molar-refractivity contribution in [3.05, 3.63) is 69.3 Å². The van der Waals surface area contributed by atoms with Crippen LogP contribution >= 0.6 is 0 Å². The number of carboxylic acid groups (broad SMARTS) is 1. The molecule has 0 fully saturated rings. The first-order chi connectivity index (χ1) is 14.0. The van der Waals surface area contributed by atoms with E-state index < -0.39 is 5.97 Å². The van der Waals surface area contributed by atoms with Crippen molar-refractivity contribution in [3.63, 3.8) is 0 Å². The molecule has 7 heteroatoms. The number of pyridine rings is 1. The van der Waals surface area contributed by atoms with Gasteiger partial charge in [-0.25, -0.2) is 9.78 Å². The highest BCUT2D eigenvalue weighted by Gasteiger charge is 2.21. The van der Waals surface area contributed by atoms with Gasteiger partial charge in [-0.15, -0.1) is 0 Å². The molecule has 1 N–H and O–H groups in total. The maximum absolute atomic E-state index is 13.0. The Bertz CT molecular complexity index is 1210. The Balaban J connectivity index is 1.90. The van der Waals surface area contributed by atoms with E-state index in [-0.39, 0.29) is 11.1 Å². The van der Waals surface area contributed by atoms with Crippen LogP contribution in [0.25, 0.3) is 17.3 Å². The quantitative estimate of drug-likeness (QED) is 0.733. The Morgan fingerprint density at radius 2 is 2.00 bits per heavy atom. The highest BCUT2D eigenvalue weighted by atomic mass is 16.5. The van der Waals surface area contributed by atoms with Crippen LogP contribution in [0.1, 0.15) is 40.0 Å². The van der Waals surface area contributed by atoms with Crippen LogP contribution in [0.4, 0.5) is 0 Å². The number of nitrogens with zero attached hydrogens (tertiary/aromatic N) is 2. The molecule has 0 saturated carbocycles. The Morgan fingerprint density at radius 1 is 1.17 bits per heavy atom. The van der Waals surface area contributed by atoms with Gasteiger partial charge in [-0.05, 0) is 61.2 Å². The lowest BCUT2D eigenvalue weighted by atomic mass is 9.90. The van der Waals surface area contributed by atoms with Crippen LogP contribution in [0.3, 0.4) is 0 Å². The van der Waals surface area contributed by atoms with Gasteiger partial charge in [0.15, 0.2) is 0 Å². The number of ether oxygens (including phenoxy) is 2. The number of carboxylic acids is 1. The van der Waals surface area contributed by atoms with Gasteiger partial charge < -0.3 is 14.6 Å². The summed E-state index contributed by atoms with van der Waals surface area (Å²) in [6, 6.07) is 8.56. The van der Waals surface area contributed by atoms with Crippen molar-refractivity contribution < 1.29 is 19.4 Å². The fourth-order valence-corrected chi connectivity index (χ4v) is 3.65. The molecule has 2 heterocycles. The largest absolute Gasteiger partial charge is 0.497 e. The summed E-state index contributed by atoms with van der Waals surface area (Å²) in [5.74, 6) is 0.331. The fourth-order valence-electron chi connectivity index (χ4n) is 3.65. The van der Waals surface area contributed by atoms with Crippen molar-refractivity contribution in [2.75, 3.05) is 14.2 Å². The monoisotopic (exact) mass is 392 g/mol. The van der Waals surface area contributed by atoms with Crippen LogP contribution in [0.5, 0.6) is 11.5 Å². The van der Waals surface area contributed by atoms with E-state index in [2.05, 4.69) is 4.98 Å². The summed E-state index contributed by atoms with van der Waals surface area (Å²) in [6.07, 6.45) is 5.51. The molecule has 1 aromatic carbocycles. The SMILES string of the molecule is COc1ccc(OC)c(C=C2CCCc3c2nc2ccc(C(=O)O)cn2c3=O)c1. The van der Waals surface area contributed by atoms with E-state index in [9.17, 15) is 14.7 Å². The molecule has 0 saturated heterocycles. The first-order valence-electron chi connectivity index (χ1n) is 9.23. The third-order valence-corrected chi connectivity index (χ3v) is 5.11. The lowest BCUT2D eigenvalue weighted by molar-refractivity contribution is 0.0696. The summed E-state index contributed by atoms with van der Waals surface area (Å²) >= 11 is 0. The van der Waals surface area contributed by atoms with Crippen LogP contribution in [-0.2, 0) is 6.42 Å². The summed E-state index contributed by atoms with van der Waals surface area (Å²) in [4.78, 5) is 29.0. The molecule has 3 aromatic rings. The second kappa shape index (κ2) is 7.43. The van der Waals surface area contributed by atoms with Crippen molar-refractivity contribution >= 4 is 23.3 Å². The van der Waals surface area contributed by atoms with Crippen LogP contribution in [0.15, 0.2) is 41.3 Å². The minimum atomic E-state index is -1.08. The molecular weight excluding hydrogens is 372 g/mol. The maximum Gasteiger partial charge on any atom is 0.337 e. The molecule has 1 aliphatic rings. The van der Waals surface area contributed by atoms with Crippen LogP contribution in [0, 0.1) is 0 Å². The molecule has 148 valence electrons. The molecule has 0 atom stereocenters. The van der Waals surface area contributed by atoms with Gasteiger partial charge in [0.05, 0.1) is 25.5 Å². The molecule has 2 aromatic heterocycles. The van der Waals surface area contributed by atoms with Gasteiger partial charge in [0.25, 0.3) is 5.56 Å². The first kappa shape index (κ1) is 18.7. The third kappa shape index (κ3) is 3.35. The molecule has 0 amide bonds. The summed E-state index contributed by atoms with van der Waals surface area (Å²) < 4.78 is 12.1. The highest BCUT2D eigenvalue weighted by Crippen LogP contribution is 2.33. The van der Waals surface area contributed by atoms with E-state index in [0.29, 0.717) is 34.8 Å². The summed E-state index contributed by atoms with van der Waals surface area (Å²) in [7, 11) is 3.21. The zero-order chi connectivity index (χ0) is 20.5. The zero-order valence-electron chi connectivity index (χ0n) is 16.1. The molecule has 0 radical (unpaired) electrons. The number of hydrogen-bond donors (Lipinski definition) is 1. The van der Waals surface area contributed by atoms with Gasteiger partial charge in [-0.3, -0.25) is 9.20 Å². The van der Waals surface area contributed by atoms with Crippen molar-refractivity contribution in [3.8, 4) is 11.5 Å². The second-order valence-electron chi connectivity index (χ2n) is 6.83. The molecule has 4 rings (SSSR count). The Hall–Kier alpha value is -3.61. The minimum absolute atomic E-state index is 0.0500. The number of aromatic nitrogens is 2. The van der Waals surface area contributed by atoms with Crippen molar-refractivity contribution in [2.45, 2.75) is 19.3 Å². The predicted molar refractivity (Wildman–Crippen MR) is 109 cm³/mol. The molecule has 0 spiro atoms. The van der Waals surface area contributed by atoms with Gasteiger partial charge in [-0.1, -0.05) is 0 Å². The number of rotatable bonds is 4. The average Bonchev–Trinajstić information content (AvgIpc) is 2.74. The number of fused-ring (bicyclic) bond motifs is 2. The molecule has 0 unspecified atom stereocenters. The second-order valence-corrected chi connectivity index (χ2v) is 6.83. The Labute approximate surface area is 166 Å². The zero-order valence-corrected chi connectivity index (χ0v) is 16.1. The number of hydrogen-bond acceptors (Lipinski definition) is 5. The number of allylic oxidation sites excluding steroid dienone is 1. The van der Waals surface area contributed by atoms with Crippen molar-refractivity contribution in [1.82, 2.24) is 9.38 Å². The molecule has 1 aliphatic carbocycles. The standard InChI is InChI=1S/C22H20N2O5/c1-28-16-7-8-18(29-2)15(11-16)10-13-4-3-5-17-20(13)23-19-9-6-14(22(26)27)12-24(19)21(17)25/h6-12H,3-5H2,1-2H3,(H,26,27). The smallest absolute Gasteiger partial charge is 0.337 e. The number of carbonyl (C=O) groups is 1. The van der Waals surface area contributed by atoms with Crippen molar-refractivity contribution in [1.29, 1.82) is 0 Å². The average molecular weight is 392 g/mol.